The Hall–Kier alpha value is -1.88. The maximum Gasteiger partial charge on any atom is 0.335 e. The molecule has 1 aliphatic heterocycles. The van der Waals surface area contributed by atoms with E-state index >= 15 is 0 Å². The van der Waals surface area contributed by atoms with Crippen molar-refractivity contribution in [3.05, 3.63) is 29.8 Å². The van der Waals surface area contributed by atoms with Gasteiger partial charge in [-0.15, -0.1) is 0 Å². The van der Waals surface area contributed by atoms with Crippen molar-refractivity contribution in [1.82, 2.24) is 5.32 Å². The number of hydrogen-bond donors (Lipinski definition) is 2. The standard InChI is InChI=1S/C14H18N2O3/c1-14(7-8-15-9-14)13(19)16(2)11-5-3-10(4-6-11)12(17)18/h3-6,15H,7-9H2,1-2H3,(H,17,18). The Kier molecular flexibility index (Phi) is 3.57. The van der Waals surface area contributed by atoms with E-state index in [2.05, 4.69) is 5.32 Å². The van der Waals surface area contributed by atoms with Gasteiger partial charge in [-0.25, -0.2) is 4.79 Å². The second kappa shape index (κ2) is 5.01. The molecule has 0 aromatic heterocycles. The van der Waals surface area contributed by atoms with E-state index in [0.29, 0.717) is 12.2 Å². The molecule has 0 aliphatic carbocycles. The lowest BCUT2D eigenvalue weighted by atomic mass is 9.88. The summed E-state index contributed by atoms with van der Waals surface area (Å²) >= 11 is 0. The lowest BCUT2D eigenvalue weighted by molar-refractivity contribution is -0.126. The van der Waals surface area contributed by atoms with Crippen LogP contribution in [0.5, 0.6) is 0 Å². The van der Waals surface area contributed by atoms with Gasteiger partial charge < -0.3 is 15.3 Å². The Morgan fingerprint density at radius 2 is 1.95 bits per heavy atom. The maximum absolute atomic E-state index is 12.5. The van der Waals surface area contributed by atoms with E-state index in [-0.39, 0.29) is 16.9 Å². The predicted molar refractivity (Wildman–Crippen MR) is 72.4 cm³/mol. The molecule has 1 fully saturated rings. The maximum atomic E-state index is 12.5. The van der Waals surface area contributed by atoms with E-state index in [1.807, 2.05) is 6.92 Å². The monoisotopic (exact) mass is 262 g/mol. The number of hydrogen-bond acceptors (Lipinski definition) is 3. The van der Waals surface area contributed by atoms with Gasteiger partial charge in [0, 0.05) is 19.3 Å². The van der Waals surface area contributed by atoms with E-state index in [1.54, 1.807) is 24.1 Å². The van der Waals surface area contributed by atoms with Gasteiger partial charge in [0.2, 0.25) is 5.91 Å². The van der Waals surface area contributed by atoms with Crippen molar-refractivity contribution in [2.24, 2.45) is 5.41 Å². The zero-order valence-electron chi connectivity index (χ0n) is 11.1. The predicted octanol–water partition coefficient (Wildman–Crippen LogP) is 1.35. The van der Waals surface area contributed by atoms with Crippen LogP contribution >= 0.6 is 0 Å². The second-order valence-corrected chi connectivity index (χ2v) is 5.20. The van der Waals surface area contributed by atoms with Crippen molar-refractivity contribution in [3.63, 3.8) is 0 Å². The van der Waals surface area contributed by atoms with Crippen LogP contribution in [0.25, 0.3) is 0 Å². The fourth-order valence-electron chi connectivity index (χ4n) is 2.35. The summed E-state index contributed by atoms with van der Waals surface area (Å²) in [7, 11) is 1.72. The Morgan fingerprint density at radius 3 is 2.42 bits per heavy atom. The third-order valence-corrected chi connectivity index (χ3v) is 3.69. The number of rotatable bonds is 3. The average Bonchev–Trinajstić information content (AvgIpc) is 2.85. The van der Waals surface area contributed by atoms with Crippen molar-refractivity contribution in [2.45, 2.75) is 13.3 Å². The highest BCUT2D eigenvalue weighted by atomic mass is 16.4. The fraction of sp³-hybridized carbons (Fsp3) is 0.429. The molecule has 1 aromatic rings. The van der Waals surface area contributed by atoms with Gasteiger partial charge in [-0.2, -0.15) is 0 Å². The number of aromatic carboxylic acids is 1. The molecule has 5 heteroatoms. The lowest BCUT2D eigenvalue weighted by Crippen LogP contribution is -2.41. The van der Waals surface area contributed by atoms with Gasteiger partial charge in [0.15, 0.2) is 0 Å². The Balaban J connectivity index is 2.17. The zero-order chi connectivity index (χ0) is 14.0. The van der Waals surface area contributed by atoms with Gasteiger partial charge in [0.05, 0.1) is 11.0 Å². The third-order valence-electron chi connectivity index (χ3n) is 3.69. The van der Waals surface area contributed by atoms with E-state index in [4.69, 9.17) is 5.11 Å². The summed E-state index contributed by atoms with van der Waals surface area (Å²) in [5, 5.41) is 12.0. The molecular formula is C14H18N2O3. The minimum absolute atomic E-state index is 0.0561. The molecular weight excluding hydrogens is 244 g/mol. The van der Waals surface area contributed by atoms with Gasteiger partial charge in [-0.3, -0.25) is 4.79 Å². The Bertz CT molecular complexity index is 490. The van der Waals surface area contributed by atoms with Crippen molar-refractivity contribution < 1.29 is 14.7 Å². The SMILES string of the molecule is CN(C(=O)C1(C)CCNC1)c1ccc(C(=O)O)cc1. The van der Waals surface area contributed by atoms with Gasteiger partial charge in [0.25, 0.3) is 0 Å². The topological polar surface area (TPSA) is 69.6 Å². The molecule has 1 saturated heterocycles. The van der Waals surface area contributed by atoms with Crippen molar-refractivity contribution in [3.8, 4) is 0 Å². The number of carboxylic acids is 1. The van der Waals surface area contributed by atoms with Crippen LogP contribution in [0.1, 0.15) is 23.7 Å². The first-order valence-electron chi connectivity index (χ1n) is 6.26. The van der Waals surface area contributed by atoms with Crippen LogP contribution < -0.4 is 10.2 Å². The summed E-state index contributed by atoms with van der Waals surface area (Å²) in [4.78, 5) is 24.8. The van der Waals surface area contributed by atoms with Crippen LogP contribution in [0.3, 0.4) is 0 Å². The summed E-state index contributed by atoms with van der Waals surface area (Å²) in [6.07, 6.45) is 0.823. The van der Waals surface area contributed by atoms with Gasteiger partial charge in [0.1, 0.15) is 0 Å². The van der Waals surface area contributed by atoms with E-state index < -0.39 is 5.97 Å². The molecule has 0 saturated carbocycles. The largest absolute Gasteiger partial charge is 0.478 e. The molecule has 1 unspecified atom stereocenters. The van der Waals surface area contributed by atoms with Crippen LogP contribution in [-0.4, -0.2) is 37.1 Å². The number of carbonyl (C=O) groups excluding carboxylic acids is 1. The molecule has 1 amide bonds. The van der Waals surface area contributed by atoms with Crippen LogP contribution in [-0.2, 0) is 4.79 Å². The minimum Gasteiger partial charge on any atom is -0.478 e. The number of carbonyl (C=O) groups is 2. The van der Waals surface area contributed by atoms with Gasteiger partial charge in [-0.1, -0.05) is 0 Å². The van der Waals surface area contributed by atoms with Crippen LogP contribution in [0.2, 0.25) is 0 Å². The highest BCUT2D eigenvalue weighted by Gasteiger charge is 2.38. The third kappa shape index (κ3) is 2.61. The molecule has 1 heterocycles. The summed E-state index contributed by atoms with van der Waals surface area (Å²) in [6.45, 7) is 3.49. The normalized spacial score (nSPS) is 22.2. The molecule has 1 aromatic carbocycles. The first-order valence-corrected chi connectivity index (χ1v) is 6.26. The number of benzene rings is 1. The number of nitrogens with one attached hydrogen (secondary N) is 1. The Labute approximate surface area is 112 Å². The quantitative estimate of drug-likeness (QED) is 0.862. The van der Waals surface area contributed by atoms with Crippen LogP contribution in [0.4, 0.5) is 5.69 Å². The molecule has 19 heavy (non-hydrogen) atoms. The lowest BCUT2D eigenvalue weighted by Gasteiger charge is -2.28. The van der Waals surface area contributed by atoms with Crippen LogP contribution in [0.15, 0.2) is 24.3 Å². The average molecular weight is 262 g/mol. The number of amides is 1. The highest BCUT2D eigenvalue weighted by Crippen LogP contribution is 2.29. The van der Waals surface area contributed by atoms with E-state index in [1.165, 1.54) is 12.1 Å². The summed E-state index contributed by atoms with van der Waals surface area (Å²) in [5.74, 6) is -0.909. The molecule has 5 nitrogen and oxygen atoms in total. The molecule has 1 atom stereocenters. The molecule has 0 bridgehead atoms. The molecule has 102 valence electrons. The Morgan fingerprint density at radius 1 is 1.32 bits per heavy atom. The smallest absolute Gasteiger partial charge is 0.335 e. The summed E-state index contributed by atoms with van der Waals surface area (Å²) < 4.78 is 0. The molecule has 2 N–H and O–H groups in total. The first-order chi connectivity index (χ1) is 8.94. The minimum atomic E-state index is -0.965. The zero-order valence-corrected chi connectivity index (χ0v) is 11.1. The van der Waals surface area contributed by atoms with Crippen LogP contribution in [0, 0.1) is 5.41 Å². The fourth-order valence-corrected chi connectivity index (χ4v) is 2.35. The second-order valence-electron chi connectivity index (χ2n) is 5.20. The summed E-state index contributed by atoms with van der Waals surface area (Å²) in [5.41, 5.74) is 0.557. The highest BCUT2D eigenvalue weighted by molar-refractivity contribution is 5.97. The number of nitrogens with zero attached hydrogens (tertiary/aromatic N) is 1. The van der Waals surface area contributed by atoms with E-state index in [9.17, 15) is 9.59 Å². The van der Waals surface area contributed by atoms with Gasteiger partial charge >= 0.3 is 5.97 Å². The van der Waals surface area contributed by atoms with Crippen molar-refractivity contribution >= 4 is 17.6 Å². The van der Waals surface area contributed by atoms with Gasteiger partial charge in [-0.05, 0) is 44.2 Å². The molecule has 0 spiro atoms. The molecule has 1 aliphatic rings. The molecule has 0 radical (unpaired) electrons. The van der Waals surface area contributed by atoms with E-state index in [0.717, 1.165) is 13.0 Å². The van der Waals surface area contributed by atoms with Crippen molar-refractivity contribution in [1.29, 1.82) is 0 Å². The van der Waals surface area contributed by atoms with Crippen molar-refractivity contribution in [2.75, 3.05) is 25.0 Å². The number of carboxylic acid groups (broad SMARTS) is 1. The summed E-state index contributed by atoms with van der Waals surface area (Å²) in [6, 6.07) is 6.34. The molecule has 2 rings (SSSR count). The number of anilines is 1. The first kappa shape index (κ1) is 13.5.